The molecule has 7 heteroatoms. The van der Waals surface area contributed by atoms with Gasteiger partial charge in [-0.25, -0.2) is 0 Å². The molecule has 1 amide bonds. The number of benzene rings is 2. The molecule has 0 fully saturated rings. The van der Waals surface area contributed by atoms with E-state index in [2.05, 4.69) is 17.1 Å². The zero-order valence-corrected chi connectivity index (χ0v) is 23.2. The van der Waals surface area contributed by atoms with Gasteiger partial charge in [0.2, 0.25) is 0 Å². The third-order valence-electron chi connectivity index (χ3n) is 8.07. The summed E-state index contributed by atoms with van der Waals surface area (Å²) in [6, 6.07) is 11.3. The summed E-state index contributed by atoms with van der Waals surface area (Å²) in [6.45, 7) is 6.67. The van der Waals surface area contributed by atoms with E-state index in [1.807, 2.05) is 44.2 Å². The molecule has 0 saturated heterocycles. The van der Waals surface area contributed by atoms with Gasteiger partial charge in [0.05, 0.1) is 7.11 Å². The lowest BCUT2D eigenvalue weighted by atomic mass is 9.71. The van der Waals surface area contributed by atoms with Gasteiger partial charge in [0.15, 0.2) is 29.7 Å². The highest BCUT2D eigenvalue weighted by atomic mass is 16.5. The van der Waals surface area contributed by atoms with Gasteiger partial charge in [-0.1, -0.05) is 12.1 Å². The molecule has 204 valence electrons. The number of Topliss-reactive ketones (excluding diaryl/α,β-unsaturated/α-hetero) is 2. The van der Waals surface area contributed by atoms with Gasteiger partial charge in [-0.2, -0.15) is 0 Å². The highest BCUT2D eigenvalue weighted by Crippen LogP contribution is 2.49. The van der Waals surface area contributed by atoms with E-state index in [1.54, 1.807) is 13.2 Å². The zero-order valence-electron chi connectivity index (χ0n) is 23.2. The second-order valence-electron chi connectivity index (χ2n) is 10.5. The first-order valence-corrected chi connectivity index (χ1v) is 13.8. The molecular weight excluding hydrogens is 492 g/mol. The number of anilines is 1. The van der Waals surface area contributed by atoms with E-state index < -0.39 is 5.92 Å². The van der Waals surface area contributed by atoms with Crippen LogP contribution in [0.1, 0.15) is 68.1 Å². The van der Waals surface area contributed by atoms with Gasteiger partial charge < -0.3 is 19.7 Å². The lowest BCUT2D eigenvalue weighted by Crippen LogP contribution is -2.39. The predicted molar refractivity (Wildman–Crippen MR) is 150 cm³/mol. The summed E-state index contributed by atoms with van der Waals surface area (Å²) >= 11 is 0. The van der Waals surface area contributed by atoms with Crippen LogP contribution in [0.2, 0.25) is 0 Å². The van der Waals surface area contributed by atoms with E-state index in [1.165, 1.54) is 0 Å². The number of hydrogen-bond acceptors (Lipinski definition) is 6. The smallest absolute Gasteiger partial charge is 0.262 e. The van der Waals surface area contributed by atoms with Gasteiger partial charge in [0, 0.05) is 53.5 Å². The quantitative estimate of drug-likeness (QED) is 0.492. The summed E-state index contributed by atoms with van der Waals surface area (Å²) in [5.41, 5.74) is 7.44. The molecule has 2 aliphatic carbocycles. The Balaban J connectivity index is 1.43. The molecule has 2 aromatic rings. The molecule has 0 spiro atoms. The third kappa shape index (κ3) is 5.10. The molecule has 1 aliphatic heterocycles. The molecule has 0 bridgehead atoms. The van der Waals surface area contributed by atoms with Crippen molar-refractivity contribution in [3.63, 3.8) is 0 Å². The van der Waals surface area contributed by atoms with Crippen LogP contribution in [-0.2, 0) is 14.4 Å². The van der Waals surface area contributed by atoms with Gasteiger partial charge in [-0.15, -0.1) is 0 Å². The Kier molecular flexibility index (Phi) is 7.60. The van der Waals surface area contributed by atoms with E-state index >= 15 is 0 Å². The highest BCUT2D eigenvalue weighted by molar-refractivity contribution is 6.06. The number of ether oxygens (including phenoxy) is 2. The fraction of sp³-hybridized carbons (Fsp3) is 0.406. The van der Waals surface area contributed by atoms with E-state index in [0.717, 1.165) is 77.1 Å². The molecule has 0 atom stereocenters. The van der Waals surface area contributed by atoms with Crippen LogP contribution in [0.15, 0.2) is 58.9 Å². The van der Waals surface area contributed by atoms with Crippen LogP contribution in [0.5, 0.6) is 11.5 Å². The fourth-order valence-corrected chi connectivity index (χ4v) is 6.07. The molecule has 3 aliphatic rings. The van der Waals surface area contributed by atoms with Crippen LogP contribution >= 0.6 is 0 Å². The maximum atomic E-state index is 13.3. The topological polar surface area (TPSA) is 84.9 Å². The largest absolute Gasteiger partial charge is 0.493 e. The summed E-state index contributed by atoms with van der Waals surface area (Å²) in [4.78, 5) is 41.4. The molecule has 0 aromatic heterocycles. The van der Waals surface area contributed by atoms with Crippen LogP contribution in [0, 0.1) is 13.8 Å². The Morgan fingerprint density at radius 1 is 0.897 bits per heavy atom. The summed E-state index contributed by atoms with van der Waals surface area (Å²) in [6.07, 6.45) is 4.33. The number of carbonyl (C=O) groups excluding carboxylic acids is 3. The normalized spacial score (nSPS) is 17.7. The summed E-state index contributed by atoms with van der Waals surface area (Å²) in [7, 11) is 1.55. The van der Waals surface area contributed by atoms with E-state index in [4.69, 9.17) is 9.47 Å². The molecule has 2 aromatic carbocycles. The number of nitrogens with one attached hydrogen (secondary N) is 1. The summed E-state index contributed by atoms with van der Waals surface area (Å²) in [5, 5.41) is 2.87. The minimum atomic E-state index is -0.408. The van der Waals surface area contributed by atoms with Crippen molar-refractivity contribution in [2.24, 2.45) is 0 Å². The van der Waals surface area contributed by atoms with Crippen molar-refractivity contribution < 1.29 is 23.9 Å². The maximum absolute atomic E-state index is 13.3. The Hall–Kier alpha value is -3.87. The van der Waals surface area contributed by atoms with Crippen molar-refractivity contribution in [1.29, 1.82) is 0 Å². The van der Waals surface area contributed by atoms with Gasteiger partial charge >= 0.3 is 0 Å². The number of ketones is 2. The van der Waals surface area contributed by atoms with E-state index in [-0.39, 0.29) is 24.1 Å². The number of allylic oxidation sites excluding steroid dienone is 4. The van der Waals surface area contributed by atoms with Gasteiger partial charge in [0.1, 0.15) is 0 Å². The minimum Gasteiger partial charge on any atom is -0.493 e. The van der Waals surface area contributed by atoms with Gasteiger partial charge in [-0.3, -0.25) is 14.4 Å². The number of rotatable bonds is 7. The first kappa shape index (κ1) is 26.7. The zero-order chi connectivity index (χ0) is 27.7. The van der Waals surface area contributed by atoms with Crippen LogP contribution in [0.4, 0.5) is 5.69 Å². The number of nitrogens with zero attached hydrogens (tertiary/aromatic N) is 1. The maximum Gasteiger partial charge on any atom is 0.262 e. The minimum absolute atomic E-state index is 0.118. The molecule has 1 heterocycles. The molecule has 39 heavy (non-hydrogen) atoms. The van der Waals surface area contributed by atoms with Crippen LogP contribution in [-0.4, -0.2) is 42.6 Å². The van der Waals surface area contributed by atoms with Crippen molar-refractivity contribution in [2.75, 3.05) is 25.6 Å². The highest BCUT2D eigenvalue weighted by Gasteiger charge is 2.43. The average Bonchev–Trinajstić information content (AvgIpc) is 2.93. The second-order valence-corrected chi connectivity index (χ2v) is 10.5. The molecule has 0 unspecified atom stereocenters. The molecule has 5 rings (SSSR count). The second kappa shape index (κ2) is 11.1. The molecule has 0 saturated carbocycles. The Labute approximate surface area is 229 Å². The number of hydrogen-bond donors (Lipinski definition) is 1. The van der Waals surface area contributed by atoms with Crippen molar-refractivity contribution in [1.82, 2.24) is 4.90 Å². The first-order valence-electron chi connectivity index (χ1n) is 13.8. The van der Waals surface area contributed by atoms with Crippen molar-refractivity contribution >= 4 is 23.2 Å². The van der Waals surface area contributed by atoms with Gasteiger partial charge in [0.25, 0.3) is 5.91 Å². The van der Waals surface area contributed by atoms with Crippen molar-refractivity contribution in [3.05, 3.63) is 75.6 Å². The SMILES string of the molecule is CCN1C2=C(C(=O)CCC2)C(c2ccc(OCC(=O)Nc3ccc(C)c(C)c3)c(OC)c2)C2=C1CCCC2=O. The first-order chi connectivity index (χ1) is 18.8. The standard InChI is InChI=1S/C32H36N2O5/c1-5-34-23-8-6-10-25(35)31(23)30(32-24(34)9-7-11-26(32)36)21-13-15-27(28(17-21)38-4)39-18-29(37)33-22-14-12-19(2)20(3)16-22/h12-17,30H,5-11,18H2,1-4H3,(H,33,37). The number of aryl methyl sites for hydroxylation is 2. The molecule has 7 nitrogen and oxygen atoms in total. The van der Waals surface area contributed by atoms with Crippen molar-refractivity contribution in [3.8, 4) is 11.5 Å². The number of methoxy groups -OCH3 is 1. The number of carbonyl (C=O) groups is 3. The monoisotopic (exact) mass is 528 g/mol. The summed E-state index contributed by atoms with van der Waals surface area (Å²) < 4.78 is 11.5. The molecule has 1 N–H and O–H groups in total. The van der Waals surface area contributed by atoms with E-state index in [9.17, 15) is 14.4 Å². The van der Waals surface area contributed by atoms with E-state index in [0.29, 0.717) is 24.3 Å². The van der Waals surface area contributed by atoms with Crippen LogP contribution < -0.4 is 14.8 Å². The average molecular weight is 529 g/mol. The Bertz CT molecular complexity index is 1360. The summed E-state index contributed by atoms with van der Waals surface area (Å²) in [5.74, 6) is 0.436. The Morgan fingerprint density at radius 2 is 1.56 bits per heavy atom. The fourth-order valence-electron chi connectivity index (χ4n) is 6.07. The van der Waals surface area contributed by atoms with Crippen molar-refractivity contribution in [2.45, 2.75) is 65.2 Å². The molecule has 0 radical (unpaired) electrons. The lowest BCUT2D eigenvalue weighted by Gasteiger charge is -2.43. The third-order valence-corrected chi connectivity index (χ3v) is 8.07. The van der Waals surface area contributed by atoms with Crippen LogP contribution in [0.25, 0.3) is 0 Å². The lowest BCUT2D eigenvalue weighted by molar-refractivity contribution is -0.118. The molecular formula is C32H36N2O5. The number of amides is 1. The predicted octanol–water partition coefficient (Wildman–Crippen LogP) is 5.76. The Morgan fingerprint density at radius 3 is 2.15 bits per heavy atom. The van der Waals surface area contributed by atoms with Gasteiger partial charge in [-0.05, 0) is 87.4 Å². The van der Waals surface area contributed by atoms with Crippen LogP contribution in [0.3, 0.4) is 0 Å².